The van der Waals surface area contributed by atoms with Gasteiger partial charge in [-0.15, -0.1) is 0 Å². The van der Waals surface area contributed by atoms with Gasteiger partial charge in [0.2, 0.25) is 5.91 Å². The Hall–Kier alpha value is -2.74. The Bertz CT molecular complexity index is 856. The molecule has 0 saturated heterocycles. The summed E-state index contributed by atoms with van der Waals surface area (Å²) in [4.78, 5) is 14.0. The molecule has 1 N–H and O–H groups in total. The van der Waals surface area contributed by atoms with Gasteiger partial charge in [0.1, 0.15) is 0 Å². The molecule has 0 heterocycles. The predicted octanol–water partition coefficient (Wildman–Crippen LogP) is 3.90. The summed E-state index contributed by atoms with van der Waals surface area (Å²) in [6, 6.07) is 10.3. The Morgan fingerprint density at radius 3 is 2.40 bits per heavy atom. The summed E-state index contributed by atoms with van der Waals surface area (Å²) in [7, 11) is 4.74. The normalized spacial score (nSPS) is 12.5. The lowest BCUT2D eigenvalue weighted by Crippen LogP contribution is -2.43. The molecule has 0 aliphatic rings. The molecule has 0 saturated carbocycles. The molecule has 0 radical (unpaired) electrons. The first kappa shape index (κ1) is 23.5. The molecule has 30 heavy (non-hydrogen) atoms. The van der Waals surface area contributed by atoms with Gasteiger partial charge in [0.25, 0.3) is 0 Å². The Morgan fingerprint density at radius 1 is 1.10 bits per heavy atom. The first-order valence-electron chi connectivity index (χ1n) is 9.51. The van der Waals surface area contributed by atoms with Gasteiger partial charge < -0.3 is 14.8 Å². The molecule has 0 aliphatic heterocycles. The van der Waals surface area contributed by atoms with Gasteiger partial charge in [-0.1, -0.05) is 24.3 Å². The van der Waals surface area contributed by atoms with Crippen LogP contribution < -0.4 is 14.8 Å². The number of nitrogens with zero attached hydrogens (tertiary/aromatic N) is 1. The first-order valence-corrected chi connectivity index (χ1v) is 9.51. The third-order valence-corrected chi connectivity index (χ3v) is 4.94. The smallest absolute Gasteiger partial charge is 0.416 e. The number of carbonyl (C=O) groups is 1. The summed E-state index contributed by atoms with van der Waals surface area (Å²) in [5, 5.41) is 2.83. The number of ether oxygens (including phenoxy) is 2. The zero-order valence-corrected chi connectivity index (χ0v) is 17.5. The SMILES string of the molecule is COc1ccc(CCNC(=O)C(C)N(C)Cc2ccccc2C(F)(F)F)cc1OC. The molecule has 0 spiro atoms. The van der Waals surface area contributed by atoms with Gasteiger partial charge >= 0.3 is 6.18 Å². The van der Waals surface area contributed by atoms with Crippen molar-refractivity contribution in [1.29, 1.82) is 0 Å². The molecule has 8 heteroatoms. The zero-order chi connectivity index (χ0) is 22.3. The zero-order valence-electron chi connectivity index (χ0n) is 17.5. The number of halogens is 3. The molecule has 2 aromatic carbocycles. The van der Waals surface area contributed by atoms with Gasteiger partial charge in [-0.3, -0.25) is 9.69 Å². The van der Waals surface area contributed by atoms with Gasteiger partial charge in [-0.25, -0.2) is 0 Å². The lowest BCUT2D eigenvalue weighted by atomic mass is 10.1. The second kappa shape index (κ2) is 10.3. The van der Waals surface area contributed by atoms with Crippen molar-refractivity contribution in [2.24, 2.45) is 0 Å². The molecule has 164 valence electrons. The average molecular weight is 424 g/mol. The molecule has 5 nitrogen and oxygen atoms in total. The van der Waals surface area contributed by atoms with Crippen LogP contribution in [-0.2, 0) is 23.9 Å². The summed E-state index contributed by atoms with van der Waals surface area (Å²) in [5.41, 5.74) is 0.420. The number of hydrogen-bond donors (Lipinski definition) is 1. The molecule has 0 fully saturated rings. The van der Waals surface area contributed by atoms with Crippen molar-refractivity contribution in [3.63, 3.8) is 0 Å². The van der Waals surface area contributed by atoms with E-state index < -0.39 is 17.8 Å². The molecule has 0 aromatic heterocycles. The van der Waals surface area contributed by atoms with Crippen LogP contribution in [0.3, 0.4) is 0 Å². The van der Waals surface area contributed by atoms with Crippen molar-refractivity contribution in [3.8, 4) is 11.5 Å². The van der Waals surface area contributed by atoms with E-state index in [0.717, 1.165) is 11.6 Å². The van der Waals surface area contributed by atoms with Gasteiger partial charge in [0, 0.05) is 13.1 Å². The van der Waals surface area contributed by atoms with Crippen molar-refractivity contribution in [3.05, 3.63) is 59.2 Å². The van der Waals surface area contributed by atoms with Crippen molar-refractivity contribution < 1.29 is 27.4 Å². The number of likely N-dealkylation sites (N-methyl/N-ethyl adjacent to an activating group) is 1. The summed E-state index contributed by atoms with van der Waals surface area (Å²) < 4.78 is 50.0. The largest absolute Gasteiger partial charge is 0.493 e. The van der Waals surface area contributed by atoms with Gasteiger partial charge in [0.15, 0.2) is 11.5 Å². The topological polar surface area (TPSA) is 50.8 Å². The Balaban J connectivity index is 1.92. The van der Waals surface area contributed by atoms with Crippen LogP contribution in [0.1, 0.15) is 23.6 Å². The molecule has 2 aromatic rings. The molecular formula is C22H27F3N2O3. The Morgan fingerprint density at radius 2 is 1.77 bits per heavy atom. The minimum atomic E-state index is -4.43. The van der Waals surface area contributed by atoms with E-state index >= 15 is 0 Å². The van der Waals surface area contributed by atoms with E-state index in [-0.39, 0.29) is 18.0 Å². The number of alkyl halides is 3. The second-order valence-electron chi connectivity index (χ2n) is 6.98. The maximum atomic E-state index is 13.2. The van der Waals surface area contributed by atoms with Crippen LogP contribution in [-0.4, -0.2) is 44.7 Å². The van der Waals surface area contributed by atoms with E-state index in [1.807, 2.05) is 12.1 Å². The maximum Gasteiger partial charge on any atom is 0.416 e. The summed E-state index contributed by atoms with van der Waals surface area (Å²) in [6.07, 6.45) is -3.85. The standard InChI is InChI=1S/C22H27F3N2O3/c1-15(27(2)14-17-7-5-6-8-18(17)22(23,24)25)21(28)26-12-11-16-9-10-19(29-3)20(13-16)30-4/h5-10,13,15H,11-12,14H2,1-4H3,(H,26,28). The number of rotatable bonds is 9. The highest BCUT2D eigenvalue weighted by molar-refractivity contribution is 5.81. The van der Waals surface area contributed by atoms with Crippen LogP contribution in [0.25, 0.3) is 0 Å². The van der Waals surface area contributed by atoms with Gasteiger partial charge in [-0.05, 0) is 49.7 Å². The highest BCUT2D eigenvalue weighted by atomic mass is 19.4. The lowest BCUT2D eigenvalue weighted by molar-refractivity contribution is -0.138. The number of amides is 1. The fraction of sp³-hybridized carbons (Fsp3) is 0.409. The number of benzene rings is 2. The van der Waals surface area contributed by atoms with E-state index in [9.17, 15) is 18.0 Å². The number of carbonyl (C=O) groups excluding carboxylic acids is 1. The third kappa shape index (κ3) is 6.13. The van der Waals surface area contributed by atoms with Crippen molar-refractivity contribution in [1.82, 2.24) is 10.2 Å². The van der Waals surface area contributed by atoms with E-state index in [4.69, 9.17) is 9.47 Å². The van der Waals surface area contributed by atoms with E-state index in [2.05, 4.69) is 5.32 Å². The summed E-state index contributed by atoms with van der Waals surface area (Å²) in [6.45, 7) is 2.08. The fourth-order valence-corrected chi connectivity index (χ4v) is 3.05. The molecular weight excluding hydrogens is 397 g/mol. The van der Waals surface area contributed by atoms with E-state index in [1.165, 1.54) is 12.1 Å². The molecule has 0 bridgehead atoms. The minimum absolute atomic E-state index is 0.0138. The van der Waals surface area contributed by atoms with Gasteiger partial charge in [0.05, 0.1) is 25.8 Å². The van der Waals surface area contributed by atoms with Crippen molar-refractivity contribution in [2.45, 2.75) is 32.1 Å². The van der Waals surface area contributed by atoms with Crippen molar-refractivity contribution >= 4 is 5.91 Å². The first-order chi connectivity index (χ1) is 14.2. The highest BCUT2D eigenvalue weighted by Gasteiger charge is 2.33. The molecule has 0 aliphatic carbocycles. The summed E-state index contributed by atoms with van der Waals surface area (Å²) >= 11 is 0. The number of methoxy groups -OCH3 is 2. The van der Waals surface area contributed by atoms with Crippen LogP contribution in [0.4, 0.5) is 13.2 Å². The van der Waals surface area contributed by atoms with Crippen LogP contribution in [0.2, 0.25) is 0 Å². The maximum absolute atomic E-state index is 13.2. The number of nitrogens with one attached hydrogen (secondary N) is 1. The lowest BCUT2D eigenvalue weighted by Gasteiger charge is -2.25. The van der Waals surface area contributed by atoms with Crippen molar-refractivity contribution in [2.75, 3.05) is 27.8 Å². The van der Waals surface area contributed by atoms with Crippen LogP contribution >= 0.6 is 0 Å². The van der Waals surface area contributed by atoms with E-state index in [0.29, 0.717) is 24.5 Å². The Kier molecular flexibility index (Phi) is 8.11. The monoisotopic (exact) mass is 424 g/mol. The van der Waals surface area contributed by atoms with Crippen LogP contribution in [0.5, 0.6) is 11.5 Å². The number of hydrogen-bond acceptors (Lipinski definition) is 4. The fourth-order valence-electron chi connectivity index (χ4n) is 3.05. The quantitative estimate of drug-likeness (QED) is 0.663. The Labute approximate surface area is 174 Å². The van der Waals surface area contributed by atoms with E-state index in [1.54, 1.807) is 45.2 Å². The summed E-state index contributed by atoms with van der Waals surface area (Å²) in [5.74, 6) is 0.986. The minimum Gasteiger partial charge on any atom is -0.493 e. The molecule has 1 atom stereocenters. The molecule has 1 unspecified atom stereocenters. The average Bonchev–Trinajstić information content (AvgIpc) is 2.72. The second-order valence-corrected chi connectivity index (χ2v) is 6.98. The van der Waals surface area contributed by atoms with Crippen LogP contribution in [0.15, 0.2) is 42.5 Å². The van der Waals surface area contributed by atoms with Crippen LogP contribution in [0, 0.1) is 0 Å². The predicted molar refractivity (Wildman–Crippen MR) is 109 cm³/mol. The third-order valence-electron chi connectivity index (χ3n) is 4.94. The molecule has 1 amide bonds. The molecule has 2 rings (SSSR count). The highest BCUT2D eigenvalue weighted by Crippen LogP contribution is 2.32. The van der Waals surface area contributed by atoms with Gasteiger partial charge in [-0.2, -0.15) is 13.2 Å².